The van der Waals surface area contributed by atoms with Crippen LogP contribution in [0.5, 0.6) is 0 Å². The molecule has 2 N–H and O–H groups in total. The minimum atomic E-state index is -4.50. The lowest BCUT2D eigenvalue weighted by molar-refractivity contribution is -0.137. The van der Waals surface area contributed by atoms with Crippen LogP contribution in [0.1, 0.15) is 30.5 Å². The predicted octanol–water partition coefficient (Wildman–Crippen LogP) is 4.52. The van der Waals surface area contributed by atoms with Gasteiger partial charge in [-0.3, -0.25) is 4.79 Å². The van der Waals surface area contributed by atoms with E-state index >= 15 is 0 Å². The monoisotopic (exact) mass is 380 g/mol. The molecule has 0 aliphatic carbocycles. The molecule has 144 valence electrons. The van der Waals surface area contributed by atoms with E-state index in [9.17, 15) is 22.8 Å². The Bertz CT molecular complexity index is 779. The van der Waals surface area contributed by atoms with E-state index in [2.05, 4.69) is 10.6 Å². The maximum atomic E-state index is 12.8. The van der Waals surface area contributed by atoms with Gasteiger partial charge in [0.2, 0.25) is 5.91 Å². The topological polar surface area (TPSA) is 67.4 Å². The number of amides is 2. The molecule has 2 amide bonds. The molecule has 0 aliphatic rings. The fourth-order valence-electron chi connectivity index (χ4n) is 2.42. The standard InChI is InChI=1S/C19H19F3N2O3/c1-2-27-18(26)24-16(13-7-4-3-5-8-13)12-17(25)23-15-10-6-9-14(11-15)19(20,21)22/h3-11,16H,2,12H2,1H3,(H,23,25)(H,24,26)/t16-/m1/s1. The van der Waals surface area contributed by atoms with Gasteiger partial charge in [-0.25, -0.2) is 4.79 Å². The van der Waals surface area contributed by atoms with Crippen LogP contribution in [0.2, 0.25) is 0 Å². The number of benzene rings is 2. The highest BCUT2D eigenvalue weighted by molar-refractivity contribution is 5.91. The van der Waals surface area contributed by atoms with Gasteiger partial charge >= 0.3 is 12.3 Å². The Morgan fingerprint density at radius 1 is 1.07 bits per heavy atom. The summed E-state index contributed by atoms with van der Waals surface area (Å²) in [6.45, 7) is 1.82. The van der Waals surface area contributed by atoms with Crippen LogP contribution in [0.25, 0.3) is 0 Å². The molecular weight excluding hydrogens is 361 g/mol. The van der Waals surface area contributed by atoms with Crippen molar-refractivity contribution in [2.75, 3.05) is 11.9 Å². The largest absolute Gasteiger partial charge is 0.450 e. The molecule has 0 saturated carbocycles. The summed E-state index contributed by atoms with van der Waals surface area (Å²) >= 11 is 0. The lowest BCUT2D eigenvalue weighted by Crippen LogP contribution is -2.32. The Labute approximate surface area is 154 Å². The molecule has 8 heteroatoms. The number of hydrogen-bond acceptors (Lipinski definition) is 3. The van der Waals surface area contributed by atoms with Crippen LogP contribution in [0, 0.1) is 0 Å². The van der Waals surface area contributed by atoms with Crippen LogP contribution >= 0.6 is 0 Å². The number of alkyl carbamates (subject to hydrolysis) is 1. The molecule has 0 aliphatic heterocycles. The molecule has 0 aromatic heterocycles. The van der Waals surface area contributed by atoms with E-state index in [4.69, 9.17) is 4.74 Å². The fraction of sp³-hybridized carbons (Fsp3) is 0.263. The fourth-order valence-corrected chi connectivity index (χ4v) is 2.42. The Morgan fingerprint density at radius 2 is 1.78 bits per heavy atom. The van der Waals surface area contributed by atoms with E-state index in [1.165, 1.54) is 12.1 Å². The number of nitrogens with one attached hydrogen (secondary N) is 2. The summed E-state index contributed by atoms with van der Waals surface area (Å²) in [7, 11) is 0. The number of ether oxygens (including phenoxy) is 1. The normalized spacial score (nSPS) is 12.1. The molecule has 0 saturated heterocycles. The summed E-state index contributed by atoms with van der Waals surface area (Å²) in [5, 5.41) is 5.01. The van der Waals surface area contributed by atoms with Gasteiger partial charge in [0.25, 0.3) is 0 Å². The van der Waals surface area contributed by atoms with Crippen LogP contribution in [0.3, 0.4) is 0 Å². The Hall–Kier alpha value is -3.03. The average Bonchev–Trinajstić information content (AvgIpc) is 2.61. The van der Waals surface area contributed by atoms with Crippen molar-refractivity contribution in [1.29, 1.82) is 0 Å². The summed E-state index contributed by atoms with van der Waals surface area (Å²) in [6, 6.07) is 12.4. The maximum absolute atomic E-state index is 12.8. The summed E-state index contributed by atoms with van der Waals surface area (Å²) in [4.78, 5) is 24.0. The van der Waals surface area contributed by atoms with Gasteiger partial charge in [0.05, 0.1) is 24.6 Å². The summed E-state index contributed by atoms with van der Waals surface area (Å²) in [5.41, 5.74) is -0.160. The van der Waals surface area contributed by atoms with Crippen molar-refractivity contribution < 1.29 is 27.5 Å². The van der Waals surface area contributed by atoms with Crippen molar-refractivity contribution >= 4 is 17.7 Å². The van der Waals surface area contributed by atoms with Crippen LogP contribution < -0.4 is 10.6 Å². The molecular formula is C19H19F3N2O3. The summed E-state index contributed by atoms with van der Waals surface area (Å²) in [5.74, 6) is -0.542. The smallest absolute Gasteiger partial charge is 0.416 e. The highest BCUT2D eigenvalue weighted by Gasteiger charge is 2.30. The second-order valence-corrected chi connectivity index (χ2v) is 5.66. The number of anilines is 1. The molecule has 2 rings (SSSR count). The first-order chi connectivity index (χ1) is 12.8. The van der Waals surface area contributed by atoms with Crippen LogP contribution in [-0.2, 0) is 15.7 Å². The van der Waals surface area contributed by atoms with E-state index in [-0.39, 0.29) is 18.7 Å². The quantitative estimate of drug-likeness (QED) is 0.774. The van der Waals surface area contributed by atoms with Crippen molar-refractivity contribution in [3.63, 3.8) is 0 Å². The molecule has 0 unspecified atom stereocenters. The number of rotatable bonds is 6. The van der Waals surface area contributed by atoms with Crippen molar-refractivity contribution in [2.24, 2.45) is 0 Å². The first-order valence-corrected chi connectivity index (χ1v) is 8.25. The molecule has 0 bridgehead atoms. The third-order valence-corrected chi connectivity index (χ3v) is 3.63. The minimum absolute atomic E-state index is 0.0257. The summed E-state index contributed by atoms with van der Waals surface area (Å²) in [6.07, 6.45) is -5.35. The lowest BCUT2D eigenvalue weighted by atomic mass is 10.0. The molecule has 1 atom stereocenters. The second kappa shape index (κ2) is 9.07. The van der Waals surface area contributed by atoms with Gasteiger partial charge < -0.3 is 15.4 Å². The number of hydrogen-bond donors (Lipinski definition) is 2. The first kappa shape index (κ1) is 20.3. The molecule has 0 spiro atoms. The molecule has 2 aromatic rings. The third kappa shape index (κ3) is 6.32. The zero-order chi connectivity index (χ0) is 19.9. The van der Waals surface area contributed by atoms with Crippen LogP contribution in [0.15, 0.2) is 54.6 Å². The maximum Gasteiger partial charge on any atom is 0.416 e. The zero-order valence-corrected chi connectivity index (χ0v) is 14.5. The van der Waals surface area contributed by atoms with E-state index in [1.54, 1.807) is 37.3 Å². The van der Waals surface area contributed by atoms with Gasteiger partial charge in [-0.05, 0) is 30.7 Å². The minimum Gasteiger partial charge on any atom is -0.450 e. The number of halogens is 3. The van der Waals surface area contributed by atoms with Crippen LogP contribution in [0.4, 0.5) is 23.7 Å². The van der Waals surface area contributed by atoms with Gasteiger partial charge in [-0.2, -0.15) is 13.2 Å². The number of carbonyl (C=O) groups excluding carboxylic acids is 2. The Morgan fingerprint density at radius 3 is 2.41 bits per heavy atom. The number of carbonyl (C=O) groups is 2. The Kier molecular flexibility index (Phi) is 6.81. The van der Waals surface area contributed by atoms with Crippen molar-refractivity contribution in [1.82, 2.24) is 5.32 Å². The van der Waals surface area contributed by atoms with E-state index in [1.807, 2.05) is 0 Å². The van der Waals surface area contributed by atoms with Gasteiger partial charge in [-0.1, -0.05) is 36.4 Å². The van der Waals surface area contributed by atoms with Gasteiger partial charge in [-0.15, -0.1) is 0 Å². The van der Waals surface area contributed by atoms with Crippen LogP contribution in [-0.4, -0.2) is 18.6 Å². The third-order valence-electron chi connectivity index (χ3n) is 3.63. The van der Waals surface area contributed by atoms with Crippen molar-refractivity contribution in [3.8, 4) is 0 Å². The zero-order valence-electron chi connectivity index (χ0n) is 14.5. The van der Waals surface area contributed by atoms with Gasteiger partial charge in [0.1, 0.15) is 0 Å². The predicted molar refractivity (Wildman–Crippen MR) is 94.0 cm³/mol. The van der Waals surface area contributed by atoms with E-state index in [0.29, 0.717) is 5.56 Å². The van der Waals surface area contributed by atoms with Gasteiger partial charge in [0, 0.05) is 5.69 Å². The lowest BCUT2D eigenvalue weighted by Gasteiger charge is -2.19. The first-order valence-electron chi connectivity index (χ1n) is 8.25. The molecule has 0 radical (unpaired) electrons. The SMILES string of the molecule is CCOC(=O)N[C@H](CC(=O)Nc1cccc(C(F)(F)F)c1)c1ccccc1. The molecule has 5 nitrogen and oxygen atoms in total. The molecule has 27 heavy (non-hydrogen) atoms. The molecule has 0 heterocycles. The van der Waals surface area contributed by atoms with Gasteiger partial charge in [0.15, 0.2) is 0 Å². The average molecular weight is 380 g/mol. The van der Waals surface area contributed by atoms with Crippen molar-refractivity contribution in [3.05, 3.63) is 65.7 Å². The summed E-state index contributed by atoms with van der Waals surface area (Å²) < 4.78 is 43.2. The molecule has 2 aromatic carbocycles. The number of alkyl halides is 3. The molecule has 0 fully saturated rings. The Balaban J connectivity index is 2.10. The van der Waals surface area contributed by atoms with E-state index < -0.39 is 29.8 Å². The second-order valence-electron chi connectivity index (χ2n) is 5.66. The van der Waals surface area contributed by atoms with E-state index in [0.717, 1.165) is 12.1 Å². The van der Waals surface area contributed by atoms with Crippen molar-refractivity contribution in [2.45, 2.75) is 25.6 Å². The highest BCUT2D eigenvalue weighted by Crippen LogP contribution is 2.30. The highest BCUT2D eigenvalue weighted by atomic mass is 19.4.